The highest BCUT2D eigenvalue weighted by molar-refractivity contribution is 6.03. The number of benzene rings is 4. The van der Waals surface area contributed by atoms with Gasteiger partial charge in [0.1, 0.15) is 17.1 Å². The number of phenols is 1. The number of amides is 1. The lowest BCUT2D eigenvalue weighted by atomic mass is 10.0. The third kappa shape index (κ3) is 4.38. The number of aromatic hydroxyl groups is 1. The molecule has 0 aliphatic rings. The van der Waals surface area contributed by atoms with E-state index >= 15 is 0 Å². The number of phenolic OH excluding ortho intramolecular Hbond substituents is 1. The zero-order valence-corrected chi connectivity index (χ0v) is 16.3. The smallest absolute Gasteiger partial charge is 0.343 e. The van der Waals surface area contributed by atoms with E-state index in [9.17, 15) is 19.1 Å². The molecular formula is C25H18FNO4. The summed E-state index contributed by atoms with van der Waals surface area (Å²) in [5, 5.41) is 14.5. The number of hydrogen-bond acceptors (Lipinski definition) is 4. The van der Waals surface area contributed by atoms with Crippen molar-refractivity contribution in [3.05, 3.63) is 108 Å². The van der Waals surface area contributed by atoms with Gasteiger partial charge in [0.25, 0.3) is 5.91 Å². The van der Waals surface area contributed by atoms with Crippen molar-refractivity contribution in [3.63, 3.8) is 0 Å². The van der Waals surface area contributed by atoms with E-state index in [4.69, 9.17) is 4.74 Å². The van der Waals surface area contributed by atoms with Crippen molar-refractivity contribution in [1.82, 2.24) is 0 Å². The van der Waals surface area contributed by atoms with Gasteiger partial charge in [-0.15, -0.1) is 0 Å². The second-order valence-electron chi connectivity index (χ2n) is 6.88. The number of rotatable bonds is 5. The summed E-state index contributed by atoms with van der Waals surface area (Å²) in [4.78, 5) is 25.8. The van der Waals surface area contributed by atoms with Crippen LogP contribution in [0.15, 0.2) is 91.0 Å². The Morgan fingerprint density at radius 3 is 2.26 bits per heavy atom. The molecule has 0 bridgehead atoms. The average Bonchev–Trinajstić information content (AvgIpc) is 2.80. The summed E-state index contributed by atoms with van der Waals surface area (Å²) in [6.45, 7) is 0. The maximum Gasteiger partial charge on any atom is 0.343 e. The highest BCUT2D eigenvalue weighted by atomic mass is 19.1. The summed E-state index contributed by atoms with van der Waals surface area (Å²) in [6, 6.07) is 24.0. The summed E-state index contributed by atoms with van der Waals surface area (Å²) in [7, 11) is 0. The predicted molar refractivity (Wildman–Crippen MR) is 115 cm³/mol. The van der Waals surface area contributed by atoms with Crippen LogP contribution >= 0.6 is 0 Å². The molecule has 0 fully saturated rings. The highest BCUT2D eigenvalue weighted by Gasteiger charge is 2.27. The molecule has 0 saturated carbocycles. The lowest BCUT2D eigenvalue weighted by Gasteiger charge is -2.19. The second-order valence-corrected chi connectivity index (χ2v) is 6.88. The van der Waals surface area contributed by atoms with Gasteiger partial charge in [-0.25, -0.2) is 9.18 Å². The van der Waals surface area contributed by atoms with Crippen LogP contribution in [-0.4, -0.2) is 17.0 Å². The van der Waals surface area contributed by atoms with Crippen LogP contribution in [0.3, 0.4) is 0 Å². The molecule has 154 valence electrons. The normalized spacial score (nSPS) is 11.6. The van der Waals surface area contributed by atoms with Gasteiger partial charge in [-0.2, -0.15) is 0 Å². The molecule has 0 unspecified atom stereocenters. The van der Waals surface area contributed by atoms with Crippen molar-refractivity contribution in [1.29, 1.82) is 0 Å². The van der Waals surface area contributed by atoms with Gasteiger partial charge >= 0.3 is 5.97 Å². The molecule has 0 spiro atoms. The van der Waals surface area contributed by atoms with E-state index in [1.807, 2.05) is 12.1 Å². The van der Waals surface area contributed by atoms with Gasteiger partial charge < -0.3 is 15.2 Å². The molecule has 4 aromatic carbocycles. The lowest BCUT2D eigenvalue weighted by molar-refractivity contribution is -0.125. The Hall–Kier alpha value is -4.19. The molecule has 6 heteroatoms. The molecule has 31 heavy (non-hydrogen) atoms. The van der Waals surface area contributed by atoms with E-state index in [0.717, 1.165) is 5.39 Å². The number of halogens is 1. The highest BCUT2D eigenvalue weighted by Crippen LogP contribution is 2.31. The predicted octanol–water partition coefficient (Wildman–Crippen LogP) is 5.22. The molecule has 0 aliphatic carbocycles. The first-order chi connectivity index (χ1) is 15.0. The van der Waals surface area contributed by atoms with Gasteiger partial charge in [-0.1, -0.05) is 60.7 Å². The number of ether oxygens (including phenoxy) is 1. The summed E-state index contributed by atoms with van der Waals surface area (Å²) >= 11 is 0. The fraction of sp³-hybridized carbons (Fsp3) is 0.0400. The fourth-order valence-corrected chi connectivity index (χ4v) is 3.23. The van der Waals surface area contributed by atoms with Crippen LogP contribution in [0.5, 0.6) is 5.75 Å². The van der Waals surface area contributed by atoms with Gasteiger partial charge in [0.15, 0.2) is 0 Å². The standard InChI is InChI=1S/C25H18FNO4/c26-18-11-13-19(14-12-18)27-24(29)23(17-7-2-1-3-8-17)31-25(30)21-15-10-16-6-4-5-9-20(16)22(21)28/h1-15,23,28H,(H,27,29)/t23-/m1/s1. The molecule has 1 atom stereocenters. The third-order valence-electron chi connectivity index (χ3n) is 4.80. The maximum atomic E-state index is 13.2. The summed E-state index contributed by atoms with van der Waals surface area (Å²) in [5.41, 5.74) is 0.766. The molecule has 1 amide bonds. The van der Waals surface area contributed by atoms with Gasteiger partial charge in [-0.05, 0) is 35.7 Å². The molecular weight excluding hydrogens is 397 g/mol. The molecule has 4 rings (SSSR count). The van der Waals surface area contributed by atoms with Crippen molar-refractivity contribution in [2.45, 2.75) is 6.10 Å². The average molecular weight is 415 g/mol. The van der Waals surface area contributed by atoms with E-state index in [-0.39, 0.29) is 11.3 Å². The van der Waals surface area contributed by atoms with E-state index in [1.54, 1.807) is 48.5 Å². The quantitative estimate of drug-likeness (QED) is 0.438. The summed E-state index contributed by atoms with van der Waals surface area (Å²) in [5.74, 6) is -2.09. The van der Waals surface area contributed by atoms with Crippen LogP contribution in [0.25, 0.3) is 10.8 Å². The molecule has 0 saturated heterocycles. The van der Waals surface area contributed by atoms with E-state index < -0.39 is 23.8 Å². The van der Waals surface area contributed by atoms with Crippen molar-refractivity contribution in [2.24, 2.45) is 0 Å². The minimum Gasteiger partial charge on any atom is -0.506 e. The molecule has 4 aromatic rings. The molecule has 0 heterocycles. The van der Waals surface area contributed by atoms with E-state index in [2.05, 4.69) is 5.32 Å². The molecule has 2 N–H and O–H groups in total. The number of fused-ring (bicyclic) bond motifs is 1. The largest absolute Gasteiger partial charge is 0.506 e. The first kappa shape index (κ1) is 20.1. The SMILES string of the molecule is O=C(O[C@@H](C(=O)Nc1ccc(F)cc1)c1ccccc1)c1ccc2ccccc2c1O. The first-order valence-electron chi connectivity index (χ1n) is 9.56. The van der Waals surface area contributed by atoms with Crippen molar-refractivity contribution in [3.8, 4) is 5.75 Å². The number of esters is 1. The summed E-state index contributed by atoms with van der Waals surface area (Å²) in [6.07, 6.45) is -1.27. The minimum absolute atomic E-state index is 0.0470. The Kier molecular flexibility index (Phi) is 5.62. The van der Waals surface area contributed by atoms with Gasteiger partial charge in [0.05, 0.1) is 0 Å². The summed E-state index contributed by atoms with van der Waals surface area (Å²) < 4.78 is 18.7. The topological polar surface area (TPSA) is 75.6 Å². The van der Waals surface area contributed by atoms with Crippen LogP contribution in [0.4, 0.5) is 10.1 Å². The Balaban J connectivity index is 1.63. The molecule has 0 radical (unpaired) electrons. The minimum atomic E-state index is -1.27. The molecule has 0 aliphatic heterocycles. The number of carbonyl (C=O) groups excluding carboxylic acids is 2. The Morgan fingerprint density at radius 1 is 0.839 bits per heavy atom. The fourth-order valence-electron chi connectivity index (χ4n) is 3.23. The van der Waals surface area contributed by atoms with Crippen LogP contribution in [0.2, 0.25) is 0 Å². The Morgan fingerprint density at radius 2 is 1.52 bits per heavy atom. The van der Waals surface area contributed by atoms with Crippen LogP contribution < -0.4 is 5.32 Å². The number of carbonyl (C=O) groups is 2. The lowest BCUT2D eigenvalue weighted by Crippen LogP contribution is -2.26. The maximum absolute atomic E-state index is 13.2. The third-order valence-corrected chi connectivity index (χ3v) is 4.80. The number of anilines is 1. The van der Waals surface area contributed by atoms with Gasteiger partial charge in [0.2, 0.25) is 6.10 Å². The van der Waals surface area contributed by atoms with Gasteiger partial charge in [-0.3, -0.25) is 4.79 Å². The molecule has 5 nitrogen and oxygen atoms in total. The zero-order chi connectivity index (χ0) is 21.8. The Bertz CT molecular complexity index is 1240. The van der Waals surface area contributed by atoms with Crippen LogP contribution in [0, 0.1) is 5.82 Å². The first-order valence-corrected chi connectivity index (χ1v) is 9.56. The Labute approximate surface area is 177 Å². The van der Waals surface area contributed by atoms with Crippen molar-refractivity contribution >= 4 is 28.3 Å². The van der Waals surface area contributed by atoms with E-state index in [0.29, 0.717) is 16.6 Å². The monoisotopic (exact) mass is 415 g/mol. The van der Waals surface area contributed by atoms with Crippen LogP contribution in [-0.2, 0) is 9.53 Å². The van der Waals surface area contributed by atoms with Crippen molar-refractivity contribution < 1.29 is 23.8 Å². The van der Waals surface area contributed by atoms with E-state index in [1.165, 1.54) is 30.3 Å². The second kappa shape index (κ2) is 8.67. The van der Waals surface area contributed by atoms with Crippen molar-refractivity contribution in [2.75, 3.05) is 5.32 Å². The molecule has 0 aromatic heterocycles. The number of hydrogen-bond donors (Lipinski definition) is 2. The zero-order valence-electron chi connectivity index (χ0n) is 16.3. The van der Waals surface area contributed by atoms with Gasteiger partial charge in [0, 0.05) is 16.6 Å². The van der Waals surface area contributed by atoms with Crippen LogP contribution in [0.1, 0.15) is 22.0 Å². The number of nitrogens with one attached hydrogen (secondary N) is 1.